The van der Waals surface area contributed by atoms with Crippen LogP contribution in [-0.2, 0) is 13.6 Å². The summed E-state index contributed by atoms with van der Waals surface area (Å²) in [6, 6.07) is 5.85. The molecule has 0 amide bonds. The van der Waals surface area contributed by atoms with E-state index in [1.807, 2.05) is 37.6 Å². The first-order valence-electron chi connectivity index (χ1n) is 7.98. The number of hydrogen-bond acceptors (Lipinski definition) is 7. The van der Waals surface area contributed by atoms with E-state index >= 15 is 0 Å². The van der Waals surface area contributed by atoms with Crippen LogP contribution in [0.2, 0.25) is 0 Å². The first kappa shape index (κ1) is 15.2. The van der Waals surface area contributed by atoms with Crippen LogP contribution in [0, 0.1) is 0 Å². The molecule has 0 unspecified atom stereocenters. The van der Waals surface area contributed by atoms with Gasteiger partial charge in [-0.05, 0) is 12.1 Å². The Morgan fingerprint density at radius 2 is 1.92 bits per heavy atom. The lowest BCUT2D eigenvalue weighted by atomic mass is 10.3. The molecule has 7 nitrogen and oxygen atoms in total. The van der Waals surface area contributed by atoms with E-state index in [4.69, 9.17) is 0 Å². The fraction of sp³-hybridized carbons (Fsp3) is 0.375. The first-order valence-corrected chi connectivity index (χ1v) is 8.79. The Kier molecular flexibility index (Phi) is 4.22. The maximum atomic E-state index is 4.40. The van der Waals surface area contributed by atoms with Crippen LogP contribution in [0.4, 0.5) is 5.13 Å². The van der Waals surface area contributed by atoms with E-state index in [0.29, 0.717) is 0 Å². The van der Waals surface area contributed by atoms with Crippen molar-refractivity contribution in [2.75, 3.05) is 31.1 Å². The minimum Gasteiger partial charge on any atom is -0.344 e. The largest absolute Gasteiger partial charge is 0.344 e. The van der Waals surface area contributed by atoms with Crippen LogP contribution in [0.15, 0.2) is 36.8 Å². The molecule has 1 fully saturated rings. The molecule has 24 heavy (non-hydrogen) atoms. The Bertz CT molecular complexity index is 790. The zero-order chi connectivity index (χ0) is 16.4. The second-order valence-corrected chi connectivity index (χ2v) is 6.78. The average Bonchev–Trinajstić information content (AvgIpc) is 3.26. The molecule has 1 saturated heterocycles. The van der Waals surface area contributed by atoms with Gasteiger partial charge in [-0.2, -0.15) is 0 Å². The molecule has 0 bridgehead atoms. The molecule has 0 saturated carbocycles. The minimum absolute atomic E-state index is 0.876. The van der Waals surface area contributed by atoms with Gasteiger partial charge in [-0.3, -0.25) is 9.88 Å². The van der Waals surface area contributed by atoms with Crippen LogP contribution in [0.1, 0.15) is 5.82 Å². The van der Waals surface area contributed by atoms with Crippen LogP contribution in [0.25, 0.3) is 10.7 Å². The monoisotopic (exact) mass is 341 g/mol. The molecule has 0 aromatic carbocycles. The molecular weight excluding hydrogens is 322 g/mol. The Morgan fingerprint density at radius 1 is 1.04 bits per heavy atom. The molecule has 8 heteroatoms. The third kappa shape index (κ3) is 3.15. The van der Waals surface area contributed by atoms with Gasteiger partial charge in [-0.15, -0.1) is 10.2 Å². The van der Waals surface area contributed by atoms with Crippen molar-refractivity contribution in [2.45, 2.75) is 6.54 Å². The summed E-state index contributed by atoms with van der Waals surface area (Å²) in [5, 5.41) is 10.5. The minimum atomic E-state index is 0.876. The fourth-order valence-corrected chi connectivity index (χ4v) is 3.66. The van der Waals surface area contributed by atoms with Gasteiger partial charge in [0.15, 0.2) is 5.01 Å². The van der Waals surface area contributed by atoms with E-state index in [0.717, 1.165) is 54.4 Å². The van der Waals surface area contributed by atoms with Gasteiger partial charge in [0.05, 0.1) is 6.54 Å². The Hall–Kier alpha value is -2.32. The highest BCUT2D eigenvalue weighted by molar-refractivity contribution is 7.18. The number of aryl methyl sites for hydroxylation is 1. The number of piperazine rings is 1. The number of nitrogens with zero attached hydrogens (tertiary/aromatic N) is 7. The Balaban J connectivity index is 1.38. The van der Waals surface area contributed by atoms with Gasteiger partial charge >= 0.3 is 0 Å². The molecule has 0 atom stereocenters. The van der Waals surface area contributed by atoms with Gasteiger partial charge in [0, 0.05) is 51.8 Å². The standard InChI is InChI=1S/C16H19N7S/c1-21-7-6-18-14(21)12-22-8-10-23(11-9-22)16-20-19-15(24-16)13-4-2-3-5-17-13/h2-7H,8-12H2,1H3. The van der Waals surface area contributed by atoms with Crippen molar-refractivity contribution >= 4 is 16.5 Å². The molecule has 4 rings (SSSR count). The van der Waals surface area contributed by atoms with Crippen LogP contribution in [0.3, 0.4) is 0 Å². The smallest absolute Gasteiger partial charge is 0.208 e. The molecule has 4 heterocycles. The zero-order valence-electron chi connectivity index (χ0n) is 13.5. The second kappa shape index (κ2) is 6.66. The number of hydrogen-bond donors (Lipinski definition) is 0. The highest BCUT2D eigenvalue weighted by atomic mass is 32.1. The maximum Gasteiger partial charge on any atom is 0.208 e. The van der Waals surface area contributed by atoms with Gasteiger partial charge in [-0.25, -0.2) is 4.98 Å². The van der Waals surface area contributed by atoms with Crippen LogP contribution >= 0.6 is 11.3 Å². The summed E-state index contributed by atoms with van der Waals surface area (Å²) >= 11 is 1.61. The van der Waals surface area contributed by atoms with Crippen molar-refractivity contribution in [3.05, 3.63) is 42.6 Å². The third-order valence-corrected chi connectivity index (χ3v) is 5.23. The molecule has 0 N–H and O–H groups in total. The molecule has 1 aliphatic rings. The van der Waals surface area contributed by atoms with Gasteiger partial charge < -0.3 is 9.47 Å². The lowest BCUT2D eigenvalue weighted by molar-refractivity contribution is 0.241. The van der Waals surface area contributed by atoms with E-state index in [1.165, 1.54) is 0 Å². The molecule has 1 aliphatic heterocycles. The van der Waals surface area contributed by atoms with Gasteiger partial charge in [0.2, 0.25) is 5.13 Å². The number of rotatable bonds is 4. The van der Waals surface area contributed by atoms with Crippen molar-refractivity contribution in [3.63, 3.8) is 0 Å². The van der Waals surface area contributed by atoms with Crippen molar-refractivity contribution in [1.82, 2.24) is 29.6 Å². The summed E-state index contributed by atoms with van der Waals surface area (Å²) in [7, 11) is 2.04. The lowest BCUT2D eigenvalue weighted by Gasteiger charge is -2.33. The molecular formula is C16H19N7S. The van der Waals surface area contributed by atoms with Gasteiger partial charge in [0.25, 0.3) is 0 Å². The van der Waals surface area contributed by atoms with Gasteiger partial charge in [0.1, 0.15) is 11.5 Å². The summed E-state index contributed by atoms with van der Waals surface area (Å²) < 4.78 is 2.08. The van der Waals surface area contributed by atoms with Crippen LogP contribution in [0.5, 0.6) is 0 Å². The average molecular weight is 341 g/mol. The number of imidazole rings is 1. The SMILES string of the molecule is Cn1ccnc1CN1CCN(c2nnc(-c3ccccn3)s2)CC1. The number of pyridine rings is 1. The van der Waals surface area contributed by atoms with E-state index in [9.17, 15) is 0 Å². The molecule has 0 radical (unpaired) electrons. The molecule has 0 spiro atoms. The normalized spacial score (nSPS) is 15.8. The van der Waals surface area contributed by atoms with Crippen molar-refractivity contribution < 1.29 is 0 Å². The quantitative estimate of drug-likeness (QED) is 0.719. The summed E-state index contributed by atoms with van der Waals surface area (Å²) in [5.41, 5.74) is 0.884. The Labute approximate surface area is 144 Å². The maximum absolute atomic E-state index is 4.40. The predicted molar refractivity (Wildman–Crippen MR) is 93.8 cm³/mol. The first-order chi connectivity index (χ1) is 11.8. The predicted octanol–water partition coefficient (Wildman–Crippen LogP) is 1.66. The van der Waals surface area contributed by atoms with Crippen molar-refractivity contribution in [2.24, 2.45) is 7.05 Å². The Morgan fingerprint density at radius 3 is 2.62 bits per heavy atom. The molecule has 3 aromatic rings. The fourth-order valence-electron chi connectivity index (χ4n) is 2.78. The summed E-state index contributed by atoms with van der Waals surface area (Å²) in [5.74, 6) is 1.11. The second-order valence-electron chi connectivity index (χ2n) is 5.82. The van der Waals surface area contributed by atoms with Gasteiger partial charge in [-0.1, -0.05) is 17.4 Å². The van der Waals surface area contributed by atoms with E-state index < -0.39 is 0 Å². The van der Waals surface area contributed by atoms with Crippen molar-refractivity contribution in [3.8, 4) is 10.7 Å². The lowest BCUT2D eigenvalue weighted by Crippen LogP contribution is -2.46. The zero-order valence-corrected chi connectivity index (χ0v) is 14.4. The molecule has 124 valence electrons. The highest BCUT2D eigenvalue weighted by Gasteiger charge is 2.21. The molecule has 0 aliphatic carbocycles. The third-order valence-electron chi connectivity index (χ3n) is 4.23. The van der Waals surface area contributed by atoms with Crippen LogP contribution < -0.4 is 4.90 Å². The number of anilines is 1. The summed E-state index contributed by atoms with van der Waals surface area (Å²) in [6.07, 6.45) is 5.63. The topological polar surface area (TPSA) is 63.0 Å². The molecule has 3 aromatic heterocycles. The van der Waals surface area contributed by atoms with Crippen molar-refractivity contribution in [1.29, 1.82) is 0 Å². The number of aromatic nitrogens is 5. The van der Waals surface area contributed by atoms with E-state index in [-0.39, 0.29) is 0 Å². The van der Waals surface area contributed by atoms with E-state index in [1.54, 1.807) is 17.5 Å². The van der Waals surface area contributed by atoms with Crippen LogP contribution in [-0.4, -0.2) is 55.8 Å². The summed E-state index contributed by atoms with van der Waals surface area (Å²) in [6.45, 7) is 4.83. The highest BCUT2D eigenvalue weighted by Crippen LogP contribution is 2.27. The summed E-state index contributed by atoms with van der Waals surface area (Å²) in [4.78, 5) is 13.5. The van der Waals surface area contributed by atoms with E-state index in [2.05, 4.69) is 34.5 Å².